The highest BCUT2D eigenvalue weighted by Gasteiger charge is 2.28. The number of aliphatic carboxylic acids is 1. The van der Waals surface area contributed by atoms with Gasteiger partial charge in [0, 0.05) is 25.2 Å². The molecule has 1 fully saturated rings. The van der Waals surface area contributed by atoms with E-state index in [1.807, 2.05) is 32.0 Å². The quantitative estimate of drug-likeness (QED) is 0.714. The van der Waals surface area contributed by atoms with Gasteiger partial charge in [-0.25, -0.2) is 4.79 Å². The molecular weight excluding hydrogens is 336 g/mol. The lowest BCUT2D eigenvalue weighted by Crippen LogP contribution is -2.46. The van der Waals surface area contributed by atoms with Gasteiger partial charge >= 0.3 is 5.97 Å². The van der Waals surface area contributed by atoms with E-state index < -0.39 is 5.97 Å². The molecule has 142 valence electrons. The zero-order valence-corrected chi connectivity index (χ0v) is 15.3. The molecule has 1 heterocycles. The van der Waals surface area contributed by atoms with E-state index in [0.29, 0.717) is 18.7 Å². The Morgan fingerprint density at radius 1 is 1.23 bits per heavy atom. The summed E-state index contributed by atoms with van der Waals surface area (Å²) < 4.78 is 4.89. The summed E-state index contributed by atoms with van der Waals surface area (Å²) in [4.78, 5) is 37.1. The van der Waals surface area contributed by atoms with Gasteiger partial charge in [0.25, 0.3) is 5.91 Å². The van der Waals surface area contributed by atoms with E-state index in [0.717, 1.165) is 24.0 Å². The number of ether oxygens (including phenoxy) is 1. The summed E-state index contributed by atoms with van der Waals surface area (Å²) in [5, 5.41) is 11.2. The molecule has 1 atom stereocenters. The maximum Gasteiger partial charge on any atom is 0.329 e. The van der Waals surface area contributed by atoms with E-state index in [1.54, 1.807) is 4.90 Å². The lowest BCUT2D eigenvalue weighted by Gasteiger charge is -2.32. The molecular formula is C19H26N2O5. The number of likely N-dealkylation sites (tertiary alicyclic amines) is 1. The van der Waals surface area contributed by atoms with Crippen molar-refractivity contribution in [3.05, 3.63) is 34.9 Å². The Labute approximate surface area is 153 Å². The van der Waals surface area contributed by atoms with Gasteiger partial charge in [0.1, 0.15) is 6.61 Å². The van der Waals surface area contributed by atoms with Crippen LogP contribution in [0.15, 0.2) is 18.2 Å². The molecule has 1 saturated heterocycles. The summed E-state index contributed by atoms with van der Waals surface area (Å²) >= 11 is 0. The Kier molecular flexibility index (Phi) is 7.15. The summed E-state index contributed by atoms with van der Waals surface area (Å²) in [6.45, 7) is 5.00. The smallest absolute Gasteiger partial charge is 0.329 e. The van der Waals surface area contributed by atoms with Crippen LogP contribution in [0.4, 0.5) is 0 Å². The molecule has 1 unspecified atom stereocenters. The minimum absolute atomic E-state index is 0.0425. The van der Waals surface area contributed by atoms with Crippen LogP contribution in [-0.2, 0) is 14.3 Å². The third kappa shape index (κ3) is 5.84. The van der Waals surface area contributed by atoms with Crippen molar-refractivity contribution in [2.45, 2.75) is 26.7 Å². The third-order valence-corrected chi connectivity index (χ3v) is 4.32. The molecule has 0 bridgehead atoms. The van der Waals surface area contributed by atoms with Gasteiger partial charge in [-0.15, -0.1) is 0 Å². The van der Waals surface area contributed by atoms with Gasteiger partial charge in [-0.3, -0.25) is 9.59 Å². The summed E-state index contributed by atoms with van der Waals surface area (Å²) in [7, 11) is 0. The topological polar surface area (TPSA) is 95.9 Å². The number of hydrogen-bond donors (Lipinski definition) is 2. The van der Waals surface area contributed by atoms with E-state index in [1.165, 1.54) is 0 Å². The van der Waals surface area contributed by atoms with Gasteiger partial charge < -0.3 is 20.1 Å². The van der Waals surface area contributed by atoms with Crippen LogP contribution in [0.5, 0.6) is 0 Å². The Bertz CT molecular complexity index is 654. The molecule has 7 heteroatoms. The Balaban J connectivity index is 1.86. The van der Waals surface area contributed by atoms with Crippen LogP contribution in [0.1, 0.15) is 34.3 Å². The van der Waals surface area contributed by atoms with Crippen LogP contribution in [0.3, 0.4) is 0 Å². The molecule has 7 nitrogen and oxygen atoms in total. The maximum absolute atomic E-state index is 12.8. The Morgan fingerprint density at radius 3 is 2.58 bits per heavy atom. The van der Waals surface area contributed by atoms with Gasteiger partial charge in [0.15, 0.2) is 0 Å². The fourth-order valence-corrected chi connectivity index (χ4v) is 3.21. The molecule has 1 aliphatic rings. The second kappa shape index (κ2) is 9.33. The average molecular weight is 362 g/mol. The zero-order valence-electron chi connectivity index (χ0n) is 15.3. The first-order valence-corrected chi connectivity index (χ1v) is 8.81. The first kappa shape index (κ1) is 19.9. The summed E-state index contributed by atoms with van der Waals surface area (Å²) in [6.07, 6.45) is 1.52. The van der Waals surface area contributed by atoms with E-state index in [-0.39, 0.29) is 37.5 Å². The lowest BCUT2D eigenvalue weighted by atomic mass is 9.96. The molecule has 0 aromatic heterocycles. The van der Waals surface area contributed by atoms with Crippen LogP contribution in [0, 0.1) is 19.8 Å². The predicted molar refractivity (Wildman–Crippen MR) is 96.0 cm³/mol. The van der Waals surface area contributed by atoms with E-state index in [9.17, 15) is 14.4 Å². The van der Waals surface area contributed by atoms with Crippen LogP contribution >= 0.6 is 0 Å². The number of amides is 2. The highest BCUT2D eigenvalue weighted by molar-refractivity contribution is 5.95. The van der Waals surface area contributed by atoms with Crippen LogP contribution in [0.2, 0.25) is 0 Å². The number of hydrogen-bond acceptors (Lipinski definition) is 4. The molecule has 0 radical (unpaired) electrons. The summed E-state index contributed by atoms with van der Waals surface area (Å²) in [5.41, 5.74) is 2.74. The van der Waals surface area contributed by atoms with Crippen LogP contribution < -0.4 is 5.32 Å². The van der Waals surface area contributed by atoms with Crippen LogP contribution in [-0.4, -0.2) is 60.6 Å². The maximum atomic E-state index is 12.8. The number of carboxylic acids is 1. The number of carbonyl (C=O) groups is 3. The second-order valence-electron chi connectivity index (χ2n) is 6.70. The summed E-state index contributed by atoms with van der Waals surface area (Å²) in [5.74, 6) is -1.46. The number of benzene rings is 1. The largest absolute Gasteiger partial charge is 0.480 e. The van der Waals surface area contributed by atoms with E-state index in [2.05, 4.69) is 5.32 Å². The second-order valence-corrected chi connectivity index (χ2v) is 6.70. The minimum Gasteiger partial charge on any atom is -0.480 e. The highest BCUT2D eigenvalue weighted by atomic mass is 16.5. The third-order valence-electron chi connectivity index (χ3n) is 4.32. The standard InChI is InChI=1S/C19H26N2O5/c1-13-8-14(2)10-16(9-13)19(25)21-6-3-4-15(11-21)18(24)20-5-7-26-12-17(22)23/h8-10,15H,3-7,11-12H2,1-2H3,(H,20,24)(H,22,23). The molecule has 0 spiro atoms. The number of nitrogens with zero attached hydrogens (tertiary/aromatic N) is 1. The van der Waals surface area contributed by atoms with Gasteiger partial charge in [0.05, 0.1) is 12.5 Å². The number of piperidine rings is 1. The average Bonchev–Trinajstić information content (AvgIpc) is 2.59. The molecule has 1 aromatic carbocycles. The molecule has 26 heavy (non-hydrogen) atoms. The first-order valence-electron chi connectivity index (χ1n) is 8.81. The fourth-order valence-electron chi connectivity index (χ4n) is 3.21. The number of rotatable bonds is 7. The number of carboxylic acid groups (broad SMARTS) is 1. The zero-order chi connectivity index (χ0) is 19.1. The molecule has 2 amide bonds. The minimum atomic E-state index is -1.04. The molecule has 2 rings (SSSR count). The Hall–Kier alpha value is -2.41. The van der Waals surface area contributed by atoms with Crippen molar-refractivity contribution in [1.29, 1.82) is 0 Å². The monoisotopic (exact) mass is 362 g/mol. The van der Waals surface area contributed by atoms with E-state index in [4.69, 9.17) is 9.84 Å². The normalized spacial score (nSPS) is 17.0. The predicted octanol–water partition coefficient (Wildman–Crippen LogP) is 1.37. The SMILES string of the molecule is Cc1cc(C)cc(C(=O)N2CCCC(C(=O)NCCOCC(=O)O)C2)c1. The van der Waals surface area contributed by atoms with Crippen molar-refractivity contribution < 1.29 is 24.2 Å². The van der Waals surface area contributed by atoms with Gasteiger partial charge in [-0.2, -0.15) is 0 Å². The molecule has 1 aromatic rings. The number of carbonyl (C=O) groups excluding carboxylic acids is 2. The first-order chi connectivity index (χ1) is 12.4. The molecule has 2 N–H and O–H groups in total. The van der Waals surface area contributed by atoms with Crippen molar-refractivity contribution in [2.24, 2.45) is 5.92 Å². The lowest BCUT2D eigenvalue weighted by molar-refractivity contribution is -0.142. The highest BCUT2D eigenvalue weighted by Crippen LogP contribution is 2.20. The van der Waals surface area contributed by atoms with Gasteiger partial charge in [0.2, 0.25) is 5.91 Å². The van der Waals surface area contributed by atoms with Crippen molar-refractivity contribution in [2.75, 3.05) is 32.8 Å². The molecule has 0 aliphatic carbocycles. The van der Waals surface area contributed by atoms with Crippen molar-refractivity contribution >= 4 is 17.8 Å². The van der Waals surface area contributed by atoms with Crippen molar-refractivity contribution in [1.82, 2.24) is 10.2 Å². The molecule has 1 aliphatic heterocycles. The van der Waals surface area contributed by atoms with Crippen molar-refractivity contribution in [3.63, 3.8) is 0 Å². The van der Waals surface area contributed by atoms with Crippen LogP contribution in [0.25, 0.3) is 0 Å². The Morgan fingerprint density at radius 2 is 1.92 bits per heavy atom. The van der Waals surface area contributed by atoms with Crippen molar-refractivity contribution in [3.8, 4) is 0 Å². The van der Waals surface area contributed by atoms with E-state index >= 15 is 0 Å². The van der Waals surface area contributed by atoms with Gasteiger partial charge in [-0.05, 0) is 38.8 Å². The number of nitrogens with one attached hydrogen (secondary N) is 1. The fraction of sp³-hybridized carbons (Fsp3) is 0.526. The van der Waals surface area contributed by atoms with Gasteiger partial charge in [-0.1, -0.05) is 17.2 Å². The summed E-state index contributed by atoms with van der Waals surface area (Å²) in [6, 6.07) is 5.77. The number of aryl methyl sites for hydroxylation is 2. The molecule has 0 saturated carbocycles.